The fraction of sp³-hybridized carbons (Fsp3) is 0.250. The maximum Gasteiger partial charge on any atom is 0.324 e. The Labute approximate surface area is 147 Å². The number of halogens is 2. The zero-order chi connectivity index (χ0) is 16.5. The molecule has 24 heavy (non-hydrogen) atoms. The molecule has 1 unspecified atom stereocenters. The number of ether oxygens (including phenoxy) is 1. The summed E-state index contributed by atoms with van der Waals surface area (Å²) in [4.78, 5) is 6.42. The Morgan fingerprint density at radius 3 is 2.75 bits per heavy atom. The van der Waals surface area contributed by atoms with Gasteiger partial charge in [0.15, 0.2) is 0 Å². The number of morpholine rings is 1. The van der Waals surface area contributed by atoms with Crippen molar-refractivity contribution in [3.63, 3.8) is 0 Å². The molecule has 3 aromatic rings. The molecule has 1 saturated heterocycles. The lowest BCUT2D eigenvalue weighted by Crippen LogP contribution is -2.38. The van der Waals surface area contributed by atoms with E-state index < -0.39 is 0 Å². The first-order valence-corrected chi connectivity index (χ1v) is 8.15. The van der Waals surface area contributed by atoms with Gasteiger partial charge in [0.25, 0.3) is 0 Å². The molecule has 0 amide bonds. The van der Waals surface area contributed by atoms with Gasteiger partial charge in [0, 0.05) is 22.2 Å². The molecule has 2 aromatic heterocycles. The van der Waals surface area contributed by atoms with Crippen molar-refractivity contribution in [1.82, 2.24) is 10.1 Å². The van der Waals surface area contributed by atoms with E-state index in [0.29, 0.717) is 47.1 Å². The van der Waals surface area contributed by atoms with E-state index in [0.717, 1.165) is 5.76 Å². The van der Waals surface area contributed by atoms with Crippen molar-refractivity contribution >= 4 is 29.2 Å². The second-order valence-electron chi connectivity index (χ2n) is 5.38. The standard InChI is InChI=1S/C16H13Cl2N3O3/c17-11-6-10(7-12(18)8-11)15-19-16(24-20-15)21-3-5-23-14(9-21)13-2-1-4-22-13/h1-2,4,6-8,14H,3,5,9H2. The van der Waals surface area contributed by atoms with Crippen LogP contribution in [0.1, 0.15) is 11.9 Å². The lowest BCUT2D eigenvalue weighted by Gasteiger charge is -2.30. The normalized spacial score (nSPS) is 18.1. The number of hydrogen-bond donors (Lipinski definition) is 0. The second-order valence-corrected chi connectivity index (χ2v) is 6.25. The third-order valence-corrected chi connectivity index (χ3v) is 4.17. The highest BCUT2D eigenvalue weighted by atomic mass is 35.5. The predicted molar refractivity (Wildman–Crippen MR) is 89.4 cm³/mol. The van der Waals surface area contributed by atoms with E-state index in [9.17, 15) is 0 Å². The number of nitrogens with zero attached hydrogens (tertiary/aromatic N) is 3. The van der Waals surface area contributed by atoms with Crippen LogP contribution in [0.3, 0.4) is 0 Å². The van der Waals surface area contributed by atoms with Crippen molar-refractivity contribution in [2.75, 3.05) is 24.6 Å². The first-order valence-electron chi connectivity index (χ1n) is 7.39. The predicted octanol–water partition coefficient (Wildman–Crippen LogP) is 4.21. The van der Waals surface area contributed by atoms with Crippen molar-refractivity contribution in [1.29, 1.82) is 0 Å². The van der Waals surface area contributed by atoms with Gasteiger partial charge in [0.2, 0.25) is 5.82 Å². The molecule has 0 spiro atoms. The van der Waals surface area contributed by atoms with Crippen LogP contribution in [0.5, 0.6) is 0 Å². The van der Waals surface area contributed by atoms with E-state index in [2.05, 4.69) is 10.1 Å². The summed E-state index contributed by atoms with van der Waals surface area (Å²) in [5.74, 6) is 1.22. The van der Waals surface area contributed by atoms with E-state index in [4.69, 9.17) is 36.9 Å². The summed E-state index contributed by atoms with van der Waals surface area (Å²) in [6.45, 7) is 1.78. The summed E-state index contributed by atoms with van der Waals surface area (Å²) < 4.78 is 16.5. The number of benzene rings is 1. The average Bonchev–Trinajstić information content (AvgIpc) is 3.26. The number of hydrogen-bond acceptors (Lipinski definition) is 6. The van der Waals surface area contributed by atoms with Crippen LogP contribution in [0.4, 0.5) is 6.01 Å². The molecule has 0 saturated carbocycles. The Balaban J connectivity index is 1.56. The Morgan fingerprint density at radius 2 is 2.00 bits per heavy atom. The Morgan fingerprint density at radius 1 is 1.17 bits per heavy atom. The maximum atomic E-state index is 6.02. The van der Waals surface area contributed by atoms with Crippen LogP contribution in [-0.2, 0) is 4.74 Å². The van der Waals surface area contributed by atoms with Crippen LogP contribution in [0.15, 0.2) is 45.5 Å². The first kappa shape index (κ1) is 15.5. The summed E-state index contributed by atoms with van der Waals surface area (Å²) in [6, 6.07) is 9.30. The Kier molecular flexibility index (Phi) is 4.18. The number of rotatable bonds is 3. The first-order chi connectivity index (χ1) is 11.7. The molecule has 0 bridgehead atoms. The van der Waals surface area contributed by atoms with Crippen molar-refractivity contribution in [3.05, 3.63) is 52.4 Å². The molecule has 0 radical (unpaired) electrons. The number of anilines is 1. The van der Waals surface area contributed by atoms with Gasteiger partial charge in [-0.2, -0.15) is 4.98 Å². The molecule has 0 aliphatic carbocycles. The van der Waals surface area contributed by atoms with Gasteiger partial charge in [-0.05, 0) is 30.3 Å². The molecular formula is C16H13Cl2N3O3. The van der Waals surface area contributed by atoms with Gasteiger partial charge < -0.3 is 18.6 Å². The maximum absolute atomic E-state index is 6.02. The van der Waals surface area contributed by atoms with Gasteiger partial charge in [-0.3, -0.25) is 0 Å². The molecule has 1 aromatic carbocycles. The van der Waals surface area contributed by atoms with Crippen molar-refractivity contribution < 1.29 is 13.7 Å². The zero-order valence-corrected chi connectivity index (χ0v) is 14.0. The highest BCUT2D eigenvalue weighted by Gasteiger charge is 2.27. The molecule has 1 aliphatic heterocycles. The smallest absolute Gasteiger partial charge is 0.324 e. The molecule has 1 fully saturated rings. The van der Waals surface area contributed by atoms with Gasteiger partial charge in [-0.1, -0.05) is 28.4 Å². The van der Waals surface area contributed by atoms with Crippen molar-refractivity contribution in [2.45, 2.75) is 6.10 Å². The van der Waals surface area contributed by atoms with Crippen LogP contribution in [0.2, 0.25) is 10.0 Å². The van der Waals surface area contributed by atoms with E-state index in [1.54, 1.807) is 24.5 Å². The monoisotopic (exact) mass is 365 g/mol. The minimum absolute atomic E-state index is 0.162. The van der Waals surface area contributed by atoms with E-state index in [1.165, 1.54) is 0 Å². The van der Waals surface area contributed by atoms with Gasteiger partial charge in [-0.15, -0.1) is 0 Å². The van der Waals surface area contributed by atoms with Crippen molar-refractivity contribution in [3.8, 4) is 11.4 Å². The zero-order valence-electron chi connectivity index (χ0n) is 12.5. The molecule has 6 nitrogen and oxygen atoms in total. The van der Waals surface area contributed by atoms with Gasteiger partial charge >= 0.3 is 6.01 Å². The molecule has 3 heterocycles. The molecule has 1 aliphatic rings. The lowest BCUT2D eigenvalue weighted by atomic mass is 10.2. The largest absolute Gasteiger partial charge is 0.467 e. The lowest BCUT2D eigenvalue weighted by molar-refractivity contribution is 0.0238. The summed E-state index contributed by atoms with van der Waals surface area (Å²) in [5, 5.41) is 5.07. The fourth-order valence-electron chi connectivity index (χ4n) is 2.61. The quantitative estimate of drug-likeness (QED) is 0.692. The highest BCUT2D eigenvalue weighted by molar-refractivity contribution is 6.35. The topological polar surface area (TPSA) is 64.5 Å². The summed E-state index contributed by atoms with van der Waals surface area (Å²) in [7, 11) is 0. The molecular weight excluding hydrogens is 353 g/mol. The van der Waals surface area contributed by atoms with E-state index in [1.807, 2.05) is 17.0 Å². The number of aromatic nitrogens is 2. The summed E-state index contributed by atoms with van der Waals surface area (Å²) in [6.07, 6.45) is 1.47. The molecule has 8 heteroatoms. The van der Waals surface area contributed by atoms with E-state index >= 15 is 0 Å². The van der Waals surface area contributed by atoms with Gasteiger partial charge in [-0.25, -0.2) is 0 Å². The van der Waals surface area contributed by atoms with E-state index in [-0.39, 0.29) is 6.10 Å². The summed E-state index contributed by atoms with van der Waals surface area (Å²) in [5.41, 5.74) is 0.707. The van der Waals surface area contributed by atoms with Crippen LogP contribution in [-0.4, -0.2) is 29.8 Å². The Hall–Kier alpha value is -2.02. The van der Waals surface area contributed by atoms with Gasteiger partial charge in [0.1, 0.15) is 11.9 Å². The highest BCUT2D eigenvalue weighted by Crippen LogP contribution is 2.29. The third kappa shape index (κ3) is 3.13. The van der Waals surface area contributed by atoms with Crippen molar-refractivity contribution in [2.24, 2.45) is 0 Å². The minimum Gasteiger partial charge on any atom is -0.467 e. The molecule has 0 N–H and O–H groups in total. The Bertz CT molecular complexity index is 815. The molecule has 4 rings (SSSR count). The SMILES string of the molecule is Clc1cc(Cl)cc(-c2noc(N3CCOC(c4ccco4)C3)n2)c1. The minimum atomic E-state index is -0.162. The van der Waals surface area contributed by atoms with Crippen LogP contribution >= 0.6 is 23.2 Å². The third-order valence-electron chi connectivity index (χ3n) is 3.73. The van der Waals surface area contributed by atoms with Crippen LogP contribution in [0, 0.1) is 0 Å². The average molecular weight is 366 g/mol. The number of furan rings is 1. The van der Waals surface area contributed by atoms with Gasteiger partial charge in [0.05, 0.1) is 19.4 Å². The molecule has 124 valence electrons. The second kappa shape index (κ2) is 6.47. The fourth-order valence-corrected chi connectivity index (χ4v) is 3.14. The summed E-state index contributed by atoms with van der Waals surface area (Å²) >= 11 is 12.0. The molecule has 1 atom stereocenters. The van der Waals surface area contributed by atoms with Crippen LogP contribution in [0.25, 0.3) is 11.4 Å². The van der Waals surface area contributed by atoms with Crippen LogP contribution < -0.4 is 4.90 Å².